The quantitative estimate of drug-likeness (QED) is 0.337. The van der Waals surface area contributed by atoms with Gasteiger partial charge in [-0.25, -0.2) is 8.42 Å². The minimum Gasteiger partial charge on any atom is -0.356 e. The highest BCUT2D eigenvalue weighted by Crippen LogP contribution is 2.28. The van der Waals surface area contributed by atoms with E-state index in [1.807, 2.05) is 6.92 Å². The summed E-state index contributed by atoms with van der Waals surface area (Å²) >= 11 is 0. The normalized spacial score (nSPS) is 18.1. The van der Waals surface area contributed by atoms with Crippen LogP contribution in [0.5, 0.6) is 0 Å². The summed E-state index contributed by atoms with van der Waals surface area (Å²) in [6.07, 6.45) is 0.563. The molecule has 2 N–H and O–H groups in total. The van der Waals surface area contributed by atoms with Crippen LogP contribution in [0.15, 0.2) is 29.3 Å². The van der Waals surface area contributed by atoms with Crippen LogP contribution in [0.3, 0.4) is 0 Å². The second-order valence-corrected chi connectivity index (χ2v) is 8.96. The van der Waals surface area contributed by atoms with Crippen molar-refractivity contribution in [3.05, 3.63) is 35.4 Å². The predicted octanol–water partition coefficient (Wildman–Crippen LogP) is 3.20. The molecular weight excluding hydrogens is 520 g/mol. The van der Waals surface area contributed by atoms with Gasteiger partial charge >= 0.3 is 15.5 Å². The van der Waals surface area contributed by atoms with E-state index in [0.717, 1.165) is 0 Å². The molecule has 0 saturated carbocycles. The number of rotatable bonds is 5. The monoisotopic (exact) mass is 548 g/mol. The molecule has 1 aliphatic heterocycles. The lowest BCUT2D eigenvalue weighted by atomic mass is 10.0. The number of hydrogen-bond acceptors (Lipinski definition) is 3. The van der Waals surface area contributed by atoms with Crippen molar-refractivity contribution in [3.63, 3.8) is 0 Å². The standard InChI is InChI=1S/C18H27F3N4O2S.HI/c1-13-4-6-15(7-5-13)14(2)12-23-17(22-3)24-16-8-10-25(11-9-16)28(26,27)18(19,20)21;/h4-7,14,16H,8-12H2,1-3H3,(H2,22,23,24);1H. The van der Waals surface area contributed by atoms with Gasteiger partial charge < -0.3 is 10.6 Å². The number of aliphatic imine (C=N–C) groups is 1. The fraction of sp³-hybridized carbons (Fsp3) is 0.611. The molecule has 0 aromatic heterocycles. The molecule has 29 heavy (non-hydrogen) atoms. The van der Waals surface area contributed by atoms with E-state index in [9.17, 15) is 21.6 Å². The number of aryl methyl sites for hydroxylation is 1. The molecule has 1 aromatic carbocycles. The first-order chi connectivity index (χ1) is 13.0. The van der Waals surface area contributed by atoms with Crippen molar-refractivity contribution in [2.24, 2.45) is 4.99 Å². The molecule has 1 saturated heterocycles. The predicted molar refractivity (Wildman–Crippen MR) is 119 cm³/mol. The van der Waals surface area contributed by atoms with Gasteiger partial charge in [0.25, 0.3) is 0 Å². The summed E-state index contributed by atoms with van der Waals surface area (Å²) in [5, 5.41) is 6.39. The number of nitrogens with zero attached hydrogens (tertiary/aromatic N) is 2. The molecule has 0 spiro atoms. The number of sulfonamides is 1. The van der Waals surface area contributed by atoms with Gasteiger partial charge in [-0.3, -0.25) is 4.99 Å². The minimum absolute atomic E-state index is 0. The van der Waals surface area contributed by atoms with Gasteiger partial charge in [-0.15, -0.1) is 24.0 Å². The van der Waals surface area contributed by atoms with E-state index < -0.39 is 15.5 Å². The summed E-state index contributed by atoms with van der Waals surface area (Å²) in [5.74, 6) is 0.800. The van der Waals surface area contributed by atoms with Crippen molar-refractivity contribution < 1.29 is 21.6 Å². The Balaban J connectivity index is 0.00000420. The summed E-state index contributed by atoms with van der Waals surface area (Å²) in [4.78, 5) is 4.15. The van der Waals surface area contributed by atoms with Crippen LogP contribution in [0, 0.1) is 6.92 Å². The molecule has 0 bridgehead atoms. The zero-order valence-corrected chi connectivity index (χ0v) is 19.8. The number of guanidine groups is 1. The summed E-state index contributed by atoms with van der Waals surface area (Å²) in [5.41, 5.74) is -2.86. The van der Waals surface area contributed by atoms with Gasteiger partial charge in [-0.05, 0) is 31.2 Å². The van der Waals surface area contributed by atoms with Crippen molar-refractivity contribution in [1.29, 1.82) is 0 Å². The molecule has 1 unspecified atom stereocenters. The Kier molecular flexibility index (Phi) is 9.67. The van der Waals surface area contributed by atoms with Crippen LogP contribution in [0.2, 0.25) is 0 Å². The Morgan fingerprint density at radius 3 is 2.28 bits per heavy atom. The van der Waals surface area contributed by atoms with Crippen LogP contribution in [0.4, 0.5) is 13.2 Å². The molecule has 6 nitrogen and oxygen atoms in total. The van der Waals surface area contributed by atoms with Gasteiger partial charge in [0, 0.05) is 32.7 Å². The van der Waals surface area contributed by atoms with E-state index in [0.29, 0.717) is 16.8 Å². The largest absolute Gasteiger partial charge is 0.511 e. The van der Waals surface area contributed by atoms with Gasteiger partial charge in [-0.1, -0.05) is 36.8 Å². The van der Waals surface area contributed by atoms with E-state index in [2.05, 4.69) is 46.8 Å². The first-order valence-corrected chi connectivity index (χ1v) is 10.6. The number of hydrogen-bond donors (Lipinski definition) is 2. The molecule has 0 radical (unpaired) electrons. The molecule has 0 aliphatic carbocycles. The molecule has 1 aromatic rings. The number of alkyl halides is 3. The molecular formula is C18H28F3IN4O2S. The first-order valence-electron chi connectivity index (χ1n) is 9.14. The molecule has 1 atom stereocenters. The Labute approximate surface area is 187 Å². The van der Waals surface area contributed by atoms with Gasteiger partial charge in [0.1, 0.15) is 0 Å². The minimum atomic E-state index is -5.25. The van der Waals surface area contributed by atoms with Crippen molar-refractivity contribution in [2.75, 3.05) is 26.7 Å². The molecule has 1 fully saturated rings. The third-order valence-corrected chi connectivity index (χ3v) is 6.50. The zero-order chi connectivity index (χ0) is 20.9. The number of benzene rings is 1. The van der Waals surface area contributed by atoms with Crippen LogP contribution >= 0.6 is 24.0 Å². The van der Waals surface area contributed by atoms with E-state index in [1.54, 1.807) is 7.05 Å². The highest BCUT2D eigenvalue weighted by molar-refractivity contribution is 14.0. The molecule has 166 valence electrons. The Morgan fingerprint density at radius 2 is 1.79 bits per heavy atom. The maximum Gasteiger partial charge on any atom is 0.511 e. The lowest BCUT2D eigenvalue weighted by Gasteiger charge is -2.32. The highest BCUT2D eigenvalue weighted by Gasteiger charge is 2.50. The van der Waals surface area contributed by atoms with Gasteiger partial charge in [0.05, 0.1) is 0 Å². The van der Waals surface area contributed by atoms with Crippen LogP contribution in [-0.2, 0) is 10.0 Å². The van der Waals surface area contributed by atoms with E-state index in [4.69, 9.17) is 0 Å². The van der Waals surface area contributed by atoms with E-state index in [1.165, 1.54) is 11.1 Å². The average Bonchev–Trinajstić information content (AvgIpc) is 2.65. The van der Waals surface area contributed by atoms with Crippen molar-refractivity contribution in [3.8, 4) is 0 Å². The molecule has 11 heteroatoms. The summed E-state index contributed by atoms with van der Waals surface area (Å²) in [6, 6.07) is 8.13. The summed E-state index contributed by atoms with van der Waals surface area (Å²) < 4.78 is 61.4. The highest BCUT2D eigenvalue weighted by atomic mass is 127. The Morgan fingerprint density at radius 1 is 1.24 bits per heavy atom. The zero-order valence-electron chi connectivity index (χ0n) is 16.7. The van der Waals surface area contributed by atoms with Gasteiger partial charge in [0.2, 0.25) is 0 Å². The van der Waals surface area contributed by atoms with Crippen LogP contribution in [0.25, 0.3) is 0 Å². The fourth-order valence-electron chi connectivity index (χ4n) is 3.04. The molecule has 1 heterocycles. The first kappa shape index (κ1) is 26.0. The summed E-state index contributed by atoms with van der Waals surface area (Å²) in [7, 11) is -3.63. The van der Waals surface area contributed by atoms with Crippen molar-refractivity contribution in [2.45, 2.75) is 44.2 Å². The smallest absolute Gasteiger partial charge is 0.356 e. The van der Waals surface area contributed by atoms with Crippen LogP contribution < -0.4 is 10.6 Å². The topological polar surface area (TPSA) is 73.8 Å². The van der Waals surface area contributed by atoms with Crippen molar-refractivity contribution in [1.82, 2.24) is 14.9 Å². The lowest BCUT2D eigenvalue weighted by molar-refractivity contribution is -0.0494. The maximum absolute atomic E-state index is 12.6. The molecule has 2 rings (SSSR count). The molecule has 0 amide bonds. The van der Waals surface area contributed by atoms with Crippen LogP contribution in [0.1, 0.15) is 36.8 Å². The second-order valence-electron chi connectivity index (χ2n) is 7.03. The fourth-order valence-corrected chi connectivity index (χ4v) is 4.02. The average molecular weight is 548 g/mol. The number of nitrogens with one attached hydrogen (secondary N) is 2. The Hall–Kier alpha value is -1.08. The van der Waals surface area contributed by atoms with E-state index >= 15 is 0 Å². The van der Waals surface area contributed by atoms with Gasteiger partial charge in [0.15, 0.2) is 5.96 Å². The lowest BCUT2D eigenvalue weighted by Crippen LogP contribution is -2.52. The van der Waals surface area contributed by atoms with Crippen molar-refractivity contribution >= 4 is 40.0 Å². The number of halogens is 4. The Bertz CT molecular complexity index is 777. The maximum atomic E-state index is 12.6. The SMILES string of the molecule is CN=C(NCC(C)c1ccc(C)cc1)NC1CCN(S(=O)(=O)C(F)(F)F)CC1.I. The third-order valence-electron chi connectivity index (χ3n) is 4.87. The van der Waals surface area contributed by atoms with Crippen LogP contribution in [-0.4, -0.2) is 56.9 Å². The summed E-state index contributed by atoms with van der Waals surface area (Å²) in [6.45, 7) is 4.42. The third kappa shape index (κ3) is 6.99. The second kappa shape index (κ2) is 10.8. The number of piperidine rings is 1. The van der Waals surface area contributed by atoms with Gasteiger partial charge in [-0.2, -0.15) is 17.5 Å². The molecule has 1 aliphatic rings. The van der Waals surface area contributed by atoms with E-state index in [-0.39, 0.29) is 61.9 Å².